The van der Waals surface area contributed by atoms with Gasteiger partial charge in [-0.1, -0.05) is 19.9 Å². The van der Waals surface area contributed by atoms with Gasteiger partial charge < -0.3 is 10.8 Å². The molecule has 0 aliphatic carbocycles. The summed E-state index contributed by atoms with van der Waals surface area (Å²) in [7, 11) is 0. The predicted octanol–water partition coefficient (Wildman–Crippen LogP) is 2.30. The monoisotopic (exact) mass is 252 g/mol. The van der Waals surface area contributed by atoms with E-state index in [1.165, 1.54) is 5.56 Å². The number of nitrogen functional groups attached to an aromatic ring is 1. The summed E-state index contributed by atoms with van der Waals surface area (Å²) in [6.45, 7) is 7.71. The Morgan fingerprint density at radius 2 is 2.00 bits per heavy atom. The van der Waals surface area contributed by atoms with Gasteiger partial charge in [-0.15, -0.1) is 0 Å². The second-order valence-electron chi connectivity index (χ2n) is 4.84. The minimum absolute atomic E-state index is 0.171. The molecule has 0 aromatic heterocycles. The van der Waals surface area contributed by atoms with E-state index in [0.29, 0.717) is 16.2 Å². The number of phenolic OH excluding ortho intramolecular Hbond substituents is 1. The van der Waals surface area contributed by atoms with Crippen molar-refractivity contribution < 1.29 is 5.11 Å². The SMILES string of the molecule is CC1CN(Cc2ccc(O)c(N)c2)CC(C)S1. The summed E-state index contributed by atoms with van der Waals surface area (Å²) in [5.74, 6) is 0.171. The molecule has 4 heteroatoms. The molecule has 3 N–H and O–H groups in total. The molecule has 1 aliphatic heterocycles. The van der Waals surface area contributed by atoms with Crippen molar-refractivity contribution in [3.63, 3.8) is 0 Å². The Hall–Kier alpha value is -0.870. The maximum absolute atomic E-state index is 9.39. The average Bonchev–Trinajstić information content (AvgIpc) is 2.22. The van der Waals surface area contributed by atoms with Crippen molar-refractivity contribution in [2.24, 2.45) is 0 Å². The fourth-order valence-electron chi connectivity index (χ4n) is 2.37. The third-order valence-electron chi connectivity index (χ3n) is 2.99. The van der Waals surface area contributed by atoms with Crippen LogP contribution in [0.5, 0.6) is 5.75 Å². The standard InChI is InChI=1S/C13H20N2OS/c1-9-6-15(7-10(2)17-9)8-11-3-4-13(16)12(14)5-11/h3-5,9-10,16H,6-8,14H2,1-2H3. The predicted molar refractivity (Wildman–Crippen MR) is 74.3 cm³/mol. The molecule has 1 aromatic rings. The quantitative estimate of drug-likeness (QED) is 0.626. The van der Waals surface area contributed by atoms with Crippen LogP contribution in [0.2, 0.25) is 0 Å². The summed E-state index contributed by atoms with van der Waals surface area (Å²) in [4.78, 5) is 2.46. The van der Waals surface area contributed by atoms with E-state index in [9.17, 15) is 5.11 Å². The highest BCUT2D eigenvalue weighted by Crippen LogP contribution is 2.27. The summed E-state index contributed by atoms with van der Waals surface area (Å²) in [6.07, 6.45) is 0. The van der Waals surface area contributed by atoms with E-state index in [-0.39, 0.29) is 5.75 Å². The third kappa shape index (κ3) is 3.30. The van der Waals surface area contributed by atoms with Gasteiger partial charge in [-0.3, -0.25) is 4.90 Å². The van der Waals surface area contributed by atoms with Crippen molar-refractivity contribution in [3.05, 3.63) is 23.8 Å². The summed E-state index contributed by atoms with van der Waals surface area (Å²) < 4.78 is 0. The van der Waals surface area contributed by atoms with E-state index in [2.05, 4.69) is 30.5 Å². The van der Waals surface area contributed by atoms with Gasteiger partial charge in [0.2, 0.25) is 0 Å². The normalized spacial score (nSPS) is 26.0. The van der Waals surface area contributed by atoms with Crippen LogP contribution in [0.1, 0.15) is 19.4 Å². The molecule has 3 nitrogen and oxygen atoms in total. The van der Waals surface area contributed by atoms with Crippen molar-refractivity contribution in [1.29, 1.82) is 0 Å². The lowest BCUT2D eigenvalue weighted by molar-refractivity contribution is 0.263. The van der Waals surface area contributed by atoms with Crippen molar-refractivity contribution in [2.45, 2.75) is 30.9 Å². The molecule has 1 saturated heterocycles. The van der Waals surface area contributed by atoms with Gasteiger partial charge >= 0.3 is 0 Å². The minimum atomic E-state index is 0.171. The number of nitrogens with two attached hydrogens (primary N) is 1. The molecule has 0 radical (unpaired) electrons. The van der Waals surface area contributed by atoms with Gasteiger partial charge in [0.1, 0.15) is 5.75 Å². The first-order valence-electron chi connectivity index (χ1n) is 6.00. The van der Waals surface area contributed by atoms with Crippen LogP contribution in [-0.4, -0.2) is 33.6 Å². The zero-order valence-corrected chi connectivity index (χ0v) is 11.2. The van der Waals surface area contributed by atoms with Crippen molar-refractivity contribution in [1.82, 2.24) is 4.90 Å². The molecule has 0 saturated carbocycles. The van der Waals surface area contributed by atoms with Crippen LogP contribution in [-0.2, 0) is 6.54 Å². The second kappa shape index (κ2) is 5.19. The number of aromatic hydroxyl groups is 1. The lowest BCUT2D eigenvalue weighted by atomic mass is 10.1. The molecule has 2 rings (SSSR count). The van der Waals surface area contributed by atoms with Gasteiger partial charge in [0.25, 0.3) is 0 Å². The first-order chi connectivity index (χ1) is 8.04. The maximum atomic E-state index is 9.39. The van der Waals surface area contributed by atoms with E-state index < -0.39 is 0 Å². The number of anilines is 1. The highest BCUT2D eigenvalue weighted by Gasteiger charge is 2.22. The van der Waals surface area contributed by atoms with E-state index in [1.807, 2.05) is 12.1 Å². The van der Waals surface area contributed by atoms with E-state index >= 15 is 0 Å². The number of phenols is 1. The molecule has 1 aromatic carbocycles. The first kappa shape index (κ1) is 12.6. The smallest absolute Gasteiger partial charge is 0.138 e. The van der Waals surface area contributed by atoms with Gasteiger partial charge in [-0.05, 0) is 17.7 Å². The van der Waals surface area contributed by atoms with E-state index in [0.717, 1.165) is 19.6 Å². The van der Waals surface area contributed by atoms with E-state index in [4.69, 9.17) is 5.73 Å². The number of benzene rings is 1. The number of hydrogen-bond donors (Lipinski definition) is 2. The second-order valence-corrected chi connectivity index (χ2v) is 6.73. The summed E-state index contributed by atoms with van der Waals surface area (Å²) in [5, 5.41) is 10.8. The molecule has 1 aliphatic rings. The molecular formula is C13H20N2OS. The van der Waals surface area contributed by atoms with Gasteiger partial charge in [0, 0.05) is 30.1 Å². The number of thioether (sulfide) groups is 1. The van der Waals surface area contributed by atoms with Crippen LogP contribution in [0.25, 0.3) is 0 Å². The number of hydrogen-bond acceptors (Lipinski definition) is 4. The van der Waals surface area contributed by atoms with Crippen LogP contribution in [0.4, 0.5) is 5.69 Å². The lowest BCUT2D eigenvalue weighted by Crippen LogP contribution is -2.39. The molecule has 2 unspecified atom stereocenters. The van der Waals surface area contributed by atoms with E-state index in [1.54, 1.807) is 6.07 Å². The van der Waals surface area contributed by atoms with Gasteiger partial charge in [-0.25, -0.2) is 0 Å². The zero-order chi connectivity index (χ0) is 12.4. The van der Waals surface area contributed by atoms with Crippen LogP contribution in [0, 0.1) is 0 Å². The molecule has 0 spiro atoms. The molecule has 1 heterocycles. The third-order valence-corrected chi connectivity index (χ3v) is 4.22. The Labute approximate surface area is 107 Å². The fourth-order valence-corrected chi connectivity index (χ4v) is 3.76. The van der Waals surface area contributed by atoms with Crippen LogP contribution in [0.3, 0.4) is 0 Å². The lowest BCUT2D eigenvalue weighted by Gasteiger charge is -2.34. The Kier molecular flexibility index (Phi) is 3.84. The molecular weight excluding hydrogens is 232 g/mol. The van der Waals surface area contributed by atoms with Gasteiger partial charge in [-0.2, -0.15) is 11.8 Å². The zero-order valence-electron chi connectivity index (χ0n) is 10.4. The largest absolute Gasteiger partial charge is 0.506 e. The van der Waals surface area contributed by atoms with Crippen molar-refractivity contribution in [3.8, 4) is 5.75 Å². The highest BCUT2D eigenvalue weighted by molar-refractivity contribution is 8.00. The summed E-state index contributed by atoms with van der Waals surface area (Å²) in [5.41, 5.74) is 7.35. The molecule has 2 atom stereocenters. The maximum Gasteiger partial charge on any atom is 0.138 e. The van der Waals surface area contributed by atoms with Gasteiger partial charge in [0.05, 0.1) is 5.69 Å². The Morgan fingerprint density at radius 3 is 2.59 bits per heavy atom. The van der Waals surface area contributed by atoms with Gasteiger partial charge in [0.15, 0.2) is 0 Å². The number of nitrogens with zero attached hydrogens (tertiary/aromatic N) is 1. The Bertz CT molecular complexity index is 387. The van der Waals surface area contributed by atoms with Crippen LogP contribution < -0.4 is 5.73 Å². The molecule has 0 amide bonds. The first-order valence-corrected chi connectivity index (χ1v) is 6.94. The molecule has 0 bridgehead atoms. The number of rotatable bonds is 2. The molecule has 1 fully saturated rings. The summed E-state index contributed by atoms with van der Waals surface area (Å²) in [6, 6.07) is 5.49. The Morgan fingerprint density at radius 1 is 1.35 bits per heavy atom. The average molecular weight is 252 g/mol. The highest BCUT2D eigenvalue weighted by atomic mass is 32.2. The topological polar surface area (TPSA) is 49.5 Å². The fraction of sp³-hybridized carbons (Fsp3) is 0.538. The molecule has 94 valence electrons. The minimum Gasteiger partial charge on any atom is -0.506 e. The van der Waals surface area contributed by atoms with Crippen molar-refractivity contribution >= 4 is 17.4 Å². The Balaban J connectivity index is 2.02. The van der Waals surface area contributed by atoms with Crippen LogP contribution in [0.15, 0.2) is 18.2 Å². The van der Waals surface area contributed by atoms with Crippen molar-refractivity contribution in [2.75, 3.05) is 18.8 Å². The molecule has 17 heavy (non-hydrogen) atoms. The van der Waals surface area contributed by atoms with Crippen LogP contribution >= 0.6 is 11.8 Å². The summed E-state index contributed by atoms with van der Waals surface area (Å²) >= 11 is 2.05.